The van der Waals surface area contributed by atoms with Crippen LogP contribution in [0.5, 0.6) is 0 Å². The summed E-state index contributed by atoms with van der Waals surface area (Å²) in [5, 5.41) is 0. The zero-order valence-corrected chi connectivity index (χ0v) is 10.6. The van der Waals surface area contributed by atoms with Crippen LogP contribution in [0, 0.1) is 5.82 Å². The SMILES string of the molecule is CCC1CCC(C)N1Cc1cccc(F)c1N. The molecule has 17 heavy (non-hydrogen) atoms. The van der Waals surface area contributed by atoms with Gasteiger partial charge in [0.2, 0.25) is 0 Å². The maximum absolute atomic E-state index is 13.4. The first-order chi connectivity index (χ1) is 8.13. The van der Waals surface area contributed by atoms with Crippen LogP contribution in [0.15, 0.2) is 18.2 Å². The summed E-state index contributed by atoms with van der Waals surface area (Å²) in [6.45, 7) is 5.22. The standard InChI is InChI=1S/C14H21FN2/c1-3-12-8-7-10(2)17(12)9-11-5-4-6-13(15)14(11)16/h4-6,10,12H,3,7-9,16H2,1-2H3. The van der Waals surface area contributed by atoms with E-state index in [-0.39, 0.29) is 5.82 Å². The second kappa shape index (κ2) is 5.05. The maximum atomic E-state index is 13.4. The molecular weight excluding hydrogens is 215 g/mol. The van der Waals surface area contributed by atoms with Crippen molar-refractivity contribution >= 4 is 5.69 Å². The Bertz CT molecular complexity index is 392. The van der Waals surface area contributed by atoms with Gasteiger partial charge < -0.3 is 5.73 Å². The van der Waals surface area contributed by atoms with Crippen molar-refractivity contribution in [3.63, 3.8) is 0 Å². The summed E-state index contributed by atoms with van der Waals surface area (Å²) in [6.07, 6.45) is 3.63. The van der Waals surface area contributed by atoms with Crippen LogP contribution in [0.2, 0.25) is 0 Å². The highest BCUT2D eigenvalue weighted by molar-refractivity contribution is 5.47. The van der Waals surface area contributed by atoms with Crippen molar-refractivity contribution in [3.05, 3.63) is 29.6 Å². The molecule has 94 valence electrons. The molecule has 0 amide bonds. The fourth-order valence-electron chi connectivity index (χ4n) is 2.76. The predicted octanol–water partition coefficient (Wildman–Crippen LogP) is 3.17. The number of benzene rings is 1. The average molecular weight is 236 g/mol. The number of nitrogen functional groups attached to an aromatic ring is 1. The van der Waals surface area contributed by atoms with Crippen molar-refractivity contribution in [1.82, 2.24) is 4.90 Å². The van der Waals surface area contributed by atoms with E-state index < -0.39 is 0 Å². The summed E-state index contributed by atoms with van der Waals surface area (Å²) in [6, 6.07) is 6.28. The Morgan fingerprint density at radius 3 is 2.88 bits per heavy atom. The van der Waals surface area contributed by atoms with E-state index in [1.807, 2.05) is 6.07 Å². The lowest BCUT2D eigenvalue weighted by Crippen LogP contribution is -2.33. The average Bonchev–Trinajstić information content (AvgIpc) is 2.66. The number of hydrogen-bond donors (Lipinski definition) is 1. The molecule has 2 rings (SSSR count). The minimum Gasteiger partial charge on any atom is -0.396 e. The second-order valence-electron chi connectivity index (χ2n) is 4.97. The van der Waals surface area contributed by atoms with Gasteiger partial charge in [-0.15, -0.1) is 0 Å². The normalized spacial score (nSPS) is 25.4. The number of para-hydroxylation sites is 1. The summed E-state index contributed by atoms with van der Waals surface area (Å²) < 4.78 is 13.4. The first kappa shape index (κ1) is 12.4. The highest BCUT2D eigenvalue weighted by Crippen LogP contribution is 2.29. The number of halogens is 1. The third-order valence-corrected chi connectivity index (χ3v) is 3.92. The monoisotopic (exact) mass is 236 g/mol. The van der Waals surface area contributed by atoms with Gasteiger partial charge in [-0.25, -0.2) is 4.39 Å². The summed E-state index contributed by atoms with van der Waals surface area (Å²) in [5.41, 5.74) is 7.01. The van der Waals surface area contributed by atoms with Crippen LogP contribution in [0.3, 0.4) is 0 Å². The minimum atomic E-state index is -0.303. The Balaban J connectivity index is 2.17. The van der Waals surface area contributed by atoms with Gasteiger partial charge in [-0.1, -0.05) is 19.1 Å². The molecule has 0 bridgehead atoms. The molecule has 0 saturated carbocycles. The molecule has 0 radical (unpaired) electrons. The molecule has 0 aliphatic carbocycles. The van der Waals surface area contributed by atoms with E-state index in [0.29, 0.717) is 17.8 Å². The zero-order valence-electron chi connectivity index (χ0n) is 10.6. The van der Waals surface area contributed by atoms with Crippen LogP contribution in [0.25, 0.3) is 0 Å². The van der Waals surface area contributed by atoms with E-state index in [1.54, 1.807) is 6.07 Å². The van der Waals surface area contributed by atoms with Crippen LogP contribution >= 0.6 is 0 Å². The third-order valence-electron chi connectivity index (χ3n) is 3.92. The summed E-state index contributed by atoms with van der Waals surface area (Å²) >= 11 is 0. The summed E-state index contributed by atoms with van der Waals surface area (Å²) in [4.78, 5) is 2.45. The lowest BCUT2D eigenvalue weighted by atomic mass is 10.1. The predicted molar refractivity (Wildman–Crippen MR) is 69.1 cm³/mol. The molecule has 1 aliphatic heterocycles. The molecule has 1 heterocycles. The van der Waals surface area contributed by atoms with Gasteiger partial charge in [0.15, 0.2) is 0 Å². The number of nitrogens with two attached hydrogens (primary N) is 1. The molecule has 0 spiro atoms. The van der Waals surface area contributed by atoms with Crippen LogP contribution < -0.4 is 5.73 Å². The lowest BCUT2D eigenvalue weighted by Gasteiger charge is -2.28. The van der Waals surface area contributed by atoms with Gasteiger partial charge in [0.1, 0.15) is 5.82 Å². The molecule has 1 aliphatic rings. The zero-order chi connectivity index (χ0) is 12.4. The highest BCUT2D eigenvalue weighted by Gasteiger charge is 2.29. The topological polar surface area (TPSA) is 29.3 Å². The molecule has 1 saturated heterocycles. The Labute approximate surface area is 103 Å². The van der Waals surface area contributed by atoms with E-state index >= 15 is 0 Å². The van der Waals surface area contributed by atoms with E-state index in [4.69, 9.17) is 5.73 Å². The molecule has 1 aromatic rings. The number of hydrogen-bond acceptors (Lipinski definition) is 2. The van der Waals surface area contributed by atoms with Gasteiger partial charge in [-0.2, -0.15) is 0 Å². The van der Waals surface area contributed by atoms with Crippen molar-refractivity contribution in [3.8, 4) is 0 Å². The molecule has 0 aromatic heterocycles. The lowest BCUT2D eigenvalue weighted by molar-refractivity contribution is 0.190. The largest absolute Gasteiger partial charge is 0.396 e. The fourth-order valence-corrected chi connectivity index (χ4v) is 2.76. The highest BCUT2D eigenvalue weighted by atomic mass is 19.1. The molecule has 3 heteroatoms. The van der Waals surface area contributed by atoms with Crippen molar-refractivity contribution in [1.29, 1.82) is 0 Å². The van der Waals surface area contributed by atoms with Gasteiger partial charge in [-0.05, 0) is 37.8 Å². The van der Waals surface area contributed by atoms with Crippen LogP contribution in [0.4, 0.5) is 10.1 Å². The molecule has 2 nitrogen and oxygen atoms in total. The molecule has 1 aromatic carbocycles. The molecule has 1 fully saturated rings. The smallest absolute Gasteiger partial charge is 0.146 e. The van der Waals surface area contributed by atoms with Gasteiger partial charge in [0.05, 0.1) is 5.69 Å². The molecule has 2 atom stereocenters. The Morgan fingerprint density at radius 1 is 1.41 bits per heavy atom. The number of rotatable bonds is 3. The molecule has 2 unspecified atom stereocenters. The molecular formula is C14H21FN2. The molecule has 2 N–H and O–H groups in total. The van der Waals surface area contributed by atoms with Crippen LogP contribution in [0.1, 0.15) is 38.7 Å². The first-order valence-electron chi connectivity index (χ1n) is 6.42. The summed E-state index contributed by atoms with van der Waals surface area (Å²) in [5.74, 6) is -0.303. The van der Waals surface area contributed by atoms with Gasteiger partial charge in [-0.3, -0.25) is 4.90 Å². The van der Waals surface area contributed by atoms with E-state index in [9.17, 15) is 4.39 Å². The van der Waals surface area contributed by atoms with Crippen molar-refractivity contribution in [2.45, 2.75) is 51.7 Å². The number of anilines is 1. The van der Waals surface area contributed by atoms with Gasteiger partial charge in [0, 0.05) is 18.6 Å². The summed E-state index contributed by atoms with van der Waals surface area (Å²) in [7, 11) is 0. The van der Waals surface area contributed by atoms with Gasteiger partial charge in [0.25, 0.3) is 0 Å². The quantitative estimate of drug-likeness (QED) is 0.817. The van der Waals surface area contributed by atoms with Crippen LogP contribution in [-0.2, 0) is 6.54 Å². The Morgan fingerprint density at radius 2 is 2.18 bits per heavy atom. The first-order valence-corrected chi connectivity index (χ1v) is 6.42. The van der Waals surface area contributed by atoms with Gasteiger partial charge >= 0.3 is 0 Å². The van der Waals surface area contributed by atoms with Crippen molar-refractivity contribution < 1.29 is 4.39 Å². The number of nitrogens with zero attached hydrogens (tertiary/aromatic N) is 1. The maximum Gasteiger partial charge on any atom is 0.146 e. The Hall–Kier alpha value is -1.09. The second-order valence-corrected chi connectivity index (χ2v) is 4.97. The van der Waals surface area contributed by atoms with Crippen molar-refractivity contribution in [2.24, 2.45) is 0 Å². The minimum absolute atomic E-state index is 0.303. The van der Waals surface area contributed by atoms with Crippen LogP contribution in [-0.4, -0.2) is 17.0 Å². The van der Waals surface area contributed by atoms with E-state index in [0.717, 1.165) is 18.5 Å². The van der Waals surface area contributed by atoms with Crippen molar-refractivity contribution in [2.75, 3.05) is 5.73 Å². The third kappa shape index (κ3) is 2.44. The fraction of sp³-hybridized carbons (Fsp3) is 0.571. The Kier molecular flexibility index (Phi) is 3.67. The van der Waals surface area contributed by atoms with E-state index in [1.165, 1.54) is 18.9 Å². The van der Waals surface area contributed by atoms with E-state index in [2.05, 4.69) is 18.7 Å². The number of likely N-dealkylation sites (tertiary alicyclic amines) is 1.